The number of carbonyl (C=O) groups is 2. The lowest BCUT2D eigenvalue weighted by atomic mass is 10.0. The molecule has 1 atom stereocenters. The van der Waals surface area contributed by atoms with Crippen LogP contribution in [0.3, 0.4) is 0 Å². The molecule has 2 rings (SSSR count). The zero-order valence-electron chi connectivity index (χ0n) is 15.1. The molecular formula is C20H22O5S. The van der Waals surface area contributed by atoms with Crippen molar-refractivity contribution in [1.82, 2.24) is 0 Å². The minimum absolute atomic E-state index is 0.0923. The van der Waals surface area contributed by atoms with Crippen LogP contribution >= 0.6 is 0 Å². The molecule has 2 aromatic rings. The quantitative estimate of drug-likeness (QED) is 0.549. The Morgan fingerprint density at radius 1 is 0.923 bits per heavy atom. The second kappa shape index (κ2) is 8.27. The minimum atomic E-state index is -3.14. The first kappa shape index (κ1) is 19.8. The van der Waals surface area contributed by atoms with Crippen molar-refractivity contribution in [2.24, 2.45) is 0 Å². The van der Waals surface area contributed by atoms with Crippen LogP contribution in [0.4, 0.5) is 0 Å². The number of hydrogen-bond acceptors (Lipinski definition) is 5. The van der Waals surface area contributed by atoms with E-state index in [9.17, 15) is 18.0 Å². The van der Waals surface area contributed by atoms with Crippen molar-refractivity contribution in [2.75, 3.05) is 6.26 Å². The summed E-state index contributed by atoms with van der Waals surface area (Å²) in [4.78, 5) is 24.6. The number of aryl methyl sites for hydroxylation is 1. The molecule has 0 heterocycles. The molecule has 0 aliphatic rings. The highest BCUT2D eigenvalue weighted by molar-refractivity contribution is 7.89. The lowest BCUT2D eigenvalue weighted by Gasteiger charge is -2.13. The highest BCUT2D eigenvalue weighted by Crippen LogP contribution is 2.13. The van der Waals surface area contributed by atoms with Crippen LogP contribution in [0.15, 0.2) is 48.5 Å². The van der Waals surface area contributed by atoms with Gasteiger partial charge in [0.05, 0.1) is 11.3 Å². The van der Waals surface area contributed by atoms with Crippen molar-refractivity contribution in [1.29, 1.82) is 0 Å². The van der Waals surface area contributed by atoms with Crippen molar-refractivity contribution < 1.29 is 22.7 Å². The molecule has 0 aromatic heterocycles. The smallest absolute Gasteiger partial charge is 0.338 e. The van der Waals surface area contributed by atoms with E-state index in [2.05, 4.69) is 0 Å². The molecule has 0 saturated heterocycles. The summed E-state index contributed by atoms with van der Waals surface area (Å²) in [5, 5.41) is 0. The van der Waals surface area contributed by atoms with E-state index in [-0.39, 0.29) is 17.1 Å². The van der Waals surface area contributed by atoms with Crippen molar-refractivity contribution in [3.63, 3.8) is 0 Å². The summed E-state index contributed by atoms with van der Waals surface area (Å²) in [5.74, 6) is -0.984. The number of hydrogen-bond donors (Lipinski definition) is 0. The topological polar surface area (TPSA) is 77.5 Å². The Morgan fingerprint density at radius 2 is 1.42 bits per heavy atom. The maximum atomic E-state index is 12.4. The van der Waals surface area contributed by atoms with Gasteiger partial charge in [0.25, 0.3) is 0 Å². The van der Waals surface area contributed by atoms with Gasteiger partial charge in [0.15, 0.2) is 15.9 Å². The molecule has 0 aliphatic carbocycles. The van der Waals surface area contributed by atoms with Gasteiger partial charge in [-0.1, -0.05) is 43.3 Å². The van der Waals surface area contributed by atoms with E-state index in [1.54, 1.807) is 24.3 Å². The predicted octanol–water partition coefficient (Wildman–Crippen LogP) is 3.22. The van der Waals surface area contributed by atoms with Gasteiger partial charge in [-0.2, -0.15) is 0 Å². The molecule has 26 heavy (non-hydrogen) atoms. The average Bonchev–Trinajstić information content (AvgIpc) is 2.60. The van der Waals surface area contributed by atoms with Crippen molar-refractivity contribution in [2.45, 2.75) is 32.1 Å². The Morgan fingerprint density at radius 3 is 1.92 bits per heavy atom. The van der Waals surface area contributed by atoms with Gasteiger partial charge < -0.3 is 4.74 Å². The number of benzene rings is 2. The van der Waals surface area contributed by atoms with Crippen LogP contribution in [0.1, 0.15) is 45.7 Å². The molecule has 2 aromatic carbocycles. The fraction of sp³-hybridized carbons (Fsp3) is 0.300. The molecule has 0 amide bonds. The molecular weight excluding hydrogens is 352 g/mol. The molecule has 0 bridgehead atoms. The normalized spacial score (nSPS) is 12.4. The zero-order chi connectivity index (χ0) is 19.3. The average molecular weight is 374 g/mol. The maximum absolute atomic E-state index is 12.4. The Balaban J connectivity index is 2.02. The van der Waals surface area contributed by atoms with Gasteiger partial charge in [-0.3, -0.25) is 4.79 Å². The van der Waals surface area contributed by atoms with Crippen LogP contribution in [-0.4, -0.2) is 32.5 Å². The number of rotatable bonds is 7. The Labute approximate surface area is 153 Å². The SMILES string of the molecule is CCc1ccc(C(=O)[C@H](C)OC(=O)c2ccc(CS(C)(=O)=O)cc2)cc1. The van der Waals surface area contributed by atoms with E-state index in [4.69, 9.17) is 4.74 Å². The molecule has 5 nitrogen and oxygen atoms in total. The maximum Gasteiger partial charge on any atom is 0.338 e. The number of ether oxygens (including phenoxy) is 1. The first-order valence-corrected chi connectivity index (χ1v) is 10.4. The Bertz CT molecular complexity index is 881. The number of ketones is 1. The third kappa shape index (κ3) is 5.52. The minimum Gasteiger partial charge on any atom is -0.451 e. The van der Waals surface area contributed by atoms with Gasteiger partial charge in [-0.05, 0) is 36.6 Å². The van der Waals surface area contributed by atoms with Crippen LogP contribution in [0.25, 0.3) is 0 Å². The Kier molecular flexibility index (Phi) is 6.32. The number of sulfone groups is 1. The van der Waals surface area contributed by atoms with Crippen molar-refractivity contribution in [3.05, 3.63) is 70.8 Å². The highest BCUT2D eigenvalue weighted by atomic mass is 32.2. The molecule has 0 N–H and O–H groups in total. The third-order valence-electron chi connectivity index (χ3n) is 3.92. The third-order valence-corrected chi connectivity index (χ3v) is 4.78. The lowest BCUT2D eigenvalue weighted by molar-refractivity contribution is 0.0319. The van der Waals surface area contributed by atoms with Gasteiger partial charge in [0.2, 0.25) is 5.78 Å². The standard InChI is InChI=1S/C20H22O5S/c1-4-15-5-9-17(10-6-15)19(21)14(2)25-20(22)18-11-7-16(8-12-18)13-26(3,23)24/h5-12,14H,4,13H2,1-3H3/t14-/m0/s1. The molecule has 0 unspecified atom stereocenters. The molecule has 0 radical (unpaired) electrons. The van der Waals surface area contributed by atoms with Gasteiger partial charge in [-0.25, -0.2) is 13.2 Å². The van der Waals surface area contributed by atoms with Crippen LogP contribution in [0, 0.1) is 0 Å². The summed E-state index contributed by atoms with van der Waals surface area (Å²) >= 11 is 0. The predicted molar refractivity (Wildman–Crippen MR) is 100 cm³/mol. The monoisotopic (exact) mass is 374 g/mol. The van der Waals surface area contributed by atoms with Gasteiger partial charge in [0, 0.05) is 11.8 Å². The highest BCUT2D eigenvalue weighted by Gasteiger charge is 2.20. The van der Waals surface area contributed by atoms with E-state index in [0.29, 0.717) is 11.1 Å². The summed E-state index contributed by atoms with van der Waals surface area (Å²) in [6.07, 6.45) is 1.12. The van der Waals surface area contributed by atoms with Gasteiger partial charge in [0.1, 0.15) is 0 Å². The summed E-state index contributed by atoms with van der Waals surface area (Å²) in [7, 11) is -3.14. The summed E-state index contributed by atoms with van der Waals surface area (Å²) < 4.78 is 27.8. The van der Waals surface area contributed by atoms with E-state index < -0.39 is 21.9 Å². The molecule has 0 saturated carbocycles. The fourth-order valence-electron chi connectivity index (χ4n) is 2.46. The second-order valence-corrected chi connectivity index (χ2v) is 8.37. The first-order chi connectivity index (χ1) is 12.2. The van der Waals surface area contributed by atoms with Crippen molar-refractivity contribution in [3.8, 4) is 0 Å². The number of Topliss-reactive ketones (excluding diaryl/α,β-unsaturated/α-hetero) is 1. The largest absolute Gasteiger partial charge is 0.451 e. The van der Waals surface area contributed by atoms with Crippen LogP contribution in [0.5, 0.6) is 0 Å². The second-order valence-electron chi connectivity index (χ2n) is 6.23. The Hall–Kier alpha value is -2.47. The van der Waals surface area contributed by atoms with Gasteiger partial charge >= 0.3 is 5.97 Å². The summed E-state index contributed by atoms with van der Waals surface area (Å²) in [6, 6.07) is 13.3. The summed E-state index contributed by atoms with van der Waals surface area (Å²) in [5.41, 5.74) is 2.47. The molecule has 138 valence electrons. The summed E-state index contributed by atoms with van der Waals surface area (Å²) in [6.45, 7) is 3.56. The van der Waals surface area contributed by atoms with Crippen molar-refractivity contribution >= 4 is 21.6 Å². The van der Waals surface area contributed by atoms with E-state index in [1.807, 2.05) is 19.1 Å². The number of carbonyl (C=O) groups excluding carboxylic acids is 2. The molecule has 6 heteroatoms. The van der Waals surface area contributed by atoms with E-state index >= 15 is 0 Å². The fourth-order valence-corrected chi connectivity index (χ4v) is 3.26. The lowest BCUT2D eigenvalue weighted by Crippen LogP contribution is -2.24. The molecule has 0 aliphatic heterocycles. The molecule has 0 spiro atoms. The first-order valence-electron chi connectivity index (χ1n) is 8.30. The number of esters is 1. The van der Waals surface area contributed by atoms with Crippen LogP contribution in [-0.2, 0) is 26.7 Å². The van der Waals surface area contributed by atoms with Gasteiger partial charge in [-0.15, -0.1) is 0 Å². The van der Waals surface area contributed by atoms with Crippen LogP contribution in [0.2, 0.25) is 0 Å². The molecule has 0 fully saturated rings. The van der Waals surface area contributed by atoms with E-state index in [1.165, 1.54) is 19.1 Å². The van der Waals surface area contributed by atoms with E-state index in [0.717, 1.165) is 18.2 Å². The van der Waals surface area contributed by atoms with Crippen LogP contribution < -0.4 is 0 Å². The zero-order valence-corrected chi connectivity index (χ0v) is 15.9.